The Morgan fingerprint density at radius 3 is 3.10 bits per heavy atom. The van der Waals surface area contributed by atoms with Crippen molar-refractivity contribution in [2.75, 3.05) is 11.9 Å². The fourth-order valence-electron chi connectivity index (χ4n) is 2.60. The summed E-state index contributed by atoms with van der Waals surface area (Å²) < 4.78 is 3.74. The van der Waals surface area contributed by atoms with Crippen molar-refractivity contribution in [3.05, 3.63) is 40.5 Å². The Hall–Kier alpha value is -2.11. The van der Waals surface area contributed by atoms with Crippen LogP contribution in [-0.2, 0) is 26.4 Å². The predicted molar refractivity (Wildman–Crippen MR) is 76.8 cm³/mol. The van der Waals surface area contributed by atoms with E-state index in [1.54, 1.807) is 17.2 Å². The summed E-state index contributed by atoms with van der Waals surface area (Å²) in [4.78, 5) is 20.8. The van der Waals surface area contributed by atoms with Gasteiger partial charge in [-0.15, -0.1) is 0 Å². The normalized spacial score (nSPS) is 13.8. The maximum Gasteiger partial charge on any atom is 0.258 e. The summed E-state index contributed by atoms with van der Waals surface area (Å²) in [6.07, 6.45) is 8.99. The van der Waals surface area contributed by atoms with Crippen LogP contribution in [0.5, 0.6) is 0 Å². The molecule has 0 saturated carbocycles. The molecule has 2 aromatic rings. The maximum absolute atomic E-state index is 12.3. The number of hydrogen-bond acceptors (Lipinski definition) is 4. The highest BCUT2D eigenvalue weighted by atomic mass is 16.1. The van der Waals surface area contributed by atoms with E-state index in [9.17, 15) is 4.79 Å². The monoisotopic (exact) mass is 273 g/mol. The van der Waals surface area contributed by atoms with Gasteiger partial charge in [0, 0.05) is 32.0 Å². The van der Waals surface area contributed by atoms with Crippen LogP contribution in [0.3, 0.4) is 0 Å². The molecule has 0 aromatic carbocycles. The molecule has 0 radical (unpaired) electrons. The Bertz CT molecular complexity index is 658. The SMILES string of the molecule is Cn1cncc1CCCn1cnc2c(c1=O)CCCN2. The highest BCUT2D eigenvalue weighted by Gasteiger charge is 2.14. The van der Waals surface area contributed by atoms with E-state index < -0.39 is 0 Å². The van der Waals surface area contributed by atoms with Crippen LogP contribution in [0.25, 0.3) is 0 Å². The van der Waals surface area contributed by atoms with Crippen molar-refractivity contribution in [2.24, 2.45) is 7.05 Å². The van der Waals surface area contributed by atoms with E-state index in [0.717, 1.165) is 43.6 Å². The minimum absolute atomic E-state index is 0.104. The Morgan fingerprint density at radius 2 is 2.30 bits per heavy atom. The van der Waals surface area contributed by atoms with Crippen LogP contribution in [0.4, 0.5) is 5.82 Å². The van der Waals surface area contributed by atoms with Crippen LogP contribution in [-0.4, -0.2) is 25.6 Å². The molecule has 1 aliphatic heterocycles. The lowest BCUT2D eigenvalue weighted by molar-refractivity contribution is 0.591. The second-order valence-electron chi connectivity index (χ2n) is 5.20. The average molecular weight is 273 g/mol. The first-order chi connectivity index (χ1) is 9.75. The molecule has 0 atom stereocenters. The Labute approximate surface area is 117 Å². The number of rotatable bonds is 4. The van der Waals surface area contributed by atoms with Gasteiger partial charge in [-0.2, -0.15) is 0 Å². The number of aromatic nitrogens is 4. The largest absolute Gasteiger partial charge is 0.370 e. The summed E-state index contributed by atoms with van der Waals surface area (Å²) in [6, 6.07) is 0. The summed E-state index contributed by atoms with van der Waals surface area (Å²) in [5, 5.41) is 3.18. The second-order valence-corrected chi connectivity index (χ2v) is 5.20. The van der Waals surface area contributed by atoms with Crippen molar-refractivity contribution in [3.8, 4) is 0 Å². The van der Waals surface area contributed by atoms with Crippen LogP contribution in [0.15, 0.2) is 23.6 Å². The van der Waals surface area contributed by atoms with Crippen molar-refractivity contribution in [1.82, 2.24) is 19.1 Å². The van der Waals surface area contributed by atoms with Gasteiger partial charge in [0.15, 0.2) is 0 Å². The number of anilines is 1. The second kappa shape index (κ2) is 5.48. The van der Waals surface area contributed by atoms with Gasteiger partial charge in [0.05, 0.1) is 18.2 Å². The smallest absolute Gasteiger partial charge is 0.258 e. The molecular weight excluding hydrogens is 254 g/mol. The topological polar surface area (TPSA) is 64.7 Å². The third-order valence-electron chi connectivity index (χ3n) is 3.78. The lowest BCUT2D eigenvalue weighted by Crippen LogP contribution is -2.29. The van der Waals surface area contributed by atoms with Crippen molar-refractivity contribution < 1.29 is 0 Å². The fourth-order valence-corrected chi connectivity index (χ4v) is 2.60. The number of imidazole rings is 1. The van der Waals surface area contributed by atoms with Gasteiger partial charge in [0.1, 0.15) is 5.82 Å². The Balaban J connectivity index is 1.69. The molecule has 1 N–H and O–H groups in total. The van der Waals surface area contributed by atoms with Crippen molar-refractivity contribution in [2.45, 2.75) is 32.2 Å². The van der Waals surface area contributed by atoms with Crippen molar-refractivity contribution in [3.63, 3.8) is 0 Å². The third kappa shape index (κ3) is 2.45. The van der Waals surface area contributed by atoms with Gasteiger partial charge in [0.25, 0.3) is 5.56 Å². The molecule has 0 bridgehead atoms. The third-order valence-corrected chi connectivity index (χ3v) is 3.78. The summed E-state index contributed by atoms with van der Waals surface area (Å²) in [5.74, 6) is 0.768. The first kappa shape index (κ1) is 12.9. The van der Waals surface area contributed by atoms with E-state index in [2.05, 4.69) is 15.3 Å². The highest BCUT2D eigenvalue weighted by molar-refractivity contribution is 5.44. The first-order valence-corrected chi connectivity index (χ1v) is 7.03. The van der Waals surface area contributed by atoms with E-state index in [-0.39, 0.29) is 5.56 Å². The zero-order chi connectivity index (χ0) is 13.9. The molecule has 3 rings (SSSR count). The average Bonchev–Trinajstić information content (AvgIpc) is 2.87. The molecule has 6 heteroatoms. The van der Waals surface area contributed by atoms with E-state index in [4.69, 9.17) is 0 Å². The zero-order valence-electron chi connectivity index (χ0n) is 11.7. The molecule has 6 nitrogen and oxygen atoms in total. The van der Waals surface area contributed by atoms with Gasteiger partial charge in [0.2, 0.25) is 0 Å². The fraction of sp³-hybridized carbons (Fsp3) is 0.500. The summed E-state index contributed by atoms with van der Waals surface area (Å²) >= 11 is 0. The first-order valence-electron chi connectivity index (χ1n) is 7.03. The molecule has 2 aromatic heterocycles. The number of nitrogens with zero attached hydrogens (tertiary/aromatic N) is 4. The van der Waals surface area contributed by atoms with Crippen LogP contribution < -0.4 is 10.9 Å². The lowest BCUT2D eigenvalue weighted by Gasteiger charge is -2.17. The molecule has 20 heavy (non-hydrogen) atoms. The predicted octanol–water partition coefficient (Wildman–Crippen LogP) is 0.968. The highest BCUT2D eigenvalue weighted by Crippen LogP contribution is 2.14. The van der Waals surface area contributed by atoms with E-state index >= 15 is 0 Å². The molecule has 0 saturated heterocycles. The summed E-state index contributed by atoms with van der Waals surface area (Å²) in [7, 11) is 1.99. The van der Waals surface area contributed by atoms with Gasteiger partial charge in [-0.25, -0.2) is 9.97 Å². The van der Waals surface area contributed by atoms with Gasteiger partial charge in [-0.1, -0.05) is 0 Å². The van der Waals surface area contributed by atoms with Crippen LogP contribution >= 0.6 is 0 Å². The Kier molecular flexibility index (Phi) is 3.54. The molecule has 1 aliphatic rings. The standard InChI is InChI=1S/C14H19N5O/c1-18-9-15-8-11(18)4-3-7-19-10-17-13-12(14(19)20)5-2-6-16-13/h8-10,16H,2-7H2,1H3. The number of aryl methyl sites for hydroxylation is 3. The molecule has 0 unspecified atom stereocenters. The van der Waals surface area contributed by atoms with Crippen LogP contribution in [0.2, 0.25) is 0 Å². The molecule has 0 fully saturated rings. The molecule has 106 valence electrons. The van der Waals surface area contributed by atoms with Gasteiger partial charge >= 0.3 is 0 Å². The quantitative estimate of drug-likeness (QED) is 0.901. The molecule has 3 heterocycles. The Morgan fingerprint density at radius 1 is 1.40 bits per heavy atom. The minimum atomic E-state index is 0.104. The molecule has 0 aliphatic carbocycles. The van der Waals surface area contributed by atoms with Crippen LogP contribution in [0, 0.1) is 0 Å². The van der Waals surface area contributed by atoms with Crippen LogP contribution in [0.1, 0.15) is 24.1 Å². The number of nitrogens with one attached hydrogen (secondary N) is 1. The van der Waals surface area contributed by atoms with Gasteiger partial charge in [-0.05, 0) is 25.7 Å². The molecular formula is C14H19N5O. The van der Waals surface area contributed by atoms with E-state index in [0.29, 0.717) is 6.54 Å². The molecule has 0 spiro atoms. The molecule has 0 amide bonds. The van der Waals surface area contributed by atoms with Gasteiger partial charge < -0.3 is 9.88 Å². The van der Waals surface area contributed by atoms with E-state index in [1.165, 1.54) is 5.69 Å². The lowest BCUT2D eigenvalue weighted by atomic mass is 10.1. The van der Waals surface area contributed by atoms with Crippen molar-refractivity contribution in [1.29, 1.82) is 0 Å². The number of fused-ring (bicyclic) bond motifs is 1. The summed E-state index contributed by atoms with van der Waals surface area (Å²) in [5.41, 5.74) is 2.12. The zero-order valence-corrected chi connectivity index (χ0v) is 11.7. The summed E-state index contributed by atoms with van der Waals surface area (Å²) in [6.45, 7) is 1.61. The maximum atomic E-state index is 12.3. The van der Waals surface area contributed by atoms with Gasteiger partial charge in [-0.3, -0.25) is 9.36 Å². The minimum Gasteiger partial charge on any atom is -0.370 e. The van der Waals surface area contributed by atoms with E-state index in [1.807, 2.05) is 17.8 Å². The van der Waals surface area contributed by atoms with Crippen molar-refractivity contribution >= 4 is 5.82 Å². The number of hydrogen-bond donors (Lipinski definition) is 1.